The molecule has 1 N–H and O–H groups in total. The molecule has 0 saturated heterocycles. The van der Waals surface area contributed by atoms with Crippen LogP contribution in [0.15, 0.2) is 40.1 Å². The van der Waals surface area contributed by atoms with Gasteiger partial charge in [0.1, 0.15) is 5.75 Å². The zero-order valence-corrected chi connectivity index (χ0v) is 16.4. The predicted molar refractivity (Wildman–Crippen MR) is 107 cm³/mol. The maximum Gasteiger partial charge on any atom is 0.206 e. The summed E-state index contributed by atoms with van der Waals surface area (Å²) in [6.07, 6.45) is 1.85. The summed E-state index contributed by atoms with van der Waals surface area (Å²) in [5.41, 5.74) is 1.86. The number of nitrogens with zero attached hydrogens (tertiary/aromatic N) is 2. The molecule has 0 saturated carbocycles. The van der Waals surface area contributed by atoms with Gasteiger partial charge < -0.3 is 10.1 Å². The Balaban J connectivity index is 1.27. The quantitative estimate of drug-likeness (QED) is 0.450. The minimum Gasteiger partial charge on any atom is -0.493 e. The molecule has 0 bridgehead atoms. The van der Waals surface area contributed by atoms with Gasteiger partial charge >= 0.3 is 0 Å². The van der Waals surface area contributed by atoms with Crippen LogP contribution in [0.25, 0.3) is 0 Å². The predicted octanol–water partition coefficient (Wildman–Crippen LogP) is 4.16. The first-order chi connectivity index (χ1) is 12.8. The molecule has 0 unspecified atom stereocenters. The molecule has 0 radical (unpaired) electrons. The van der Waals surface area contributed by atoms with E-state index in [9.17, 15) is 4.79 Å². The van der Waals surface area contributed by atoms with Crippen LogP contribution >= 0.6 is 34.4 Å². The fraction of sp³-hybridized carbons (Fsp3) is 0.278. The number of anilines is 1. The third kappa shape index (κ3) is 4.25. The summed E-state index contributed by atoms with van der Waals surface area (Å²) < 4.78 is 6.29. The first kappa shape index (κ1) is 17.5. The Hall–Kier alpha value is -1.90. The molecule has 0 aliphatic carbocycles. The molecule has 3 heterocycles. The number of ether oxygens (including phenoxy) is 1. The highest BCUT2D eigenvalue weighted by Gasteiger charge is 2.16. The molecule has 134 valence electrons. The smallest absolute Gasteiger partial charge is 0.206 e. The van der Waals surface area contributed by atoms with Crippen molar-refractivity contribution in [2.45, 2.75) is 17.2 Å². The molecular weight excluding hydrogens is 386 g/mol. The third-order valence-electron chi connectivity index (χ3n) is 3.97. The number of hydrogen-bond acceptors (Lipinski definition) is 8. The van der Waals surface area contributed by atoms with Gasteiger partial charge in [0.25, 0.3) is 0 Å². The van der Waals surface area contributed by atoms with E-state index in [4.69, 9.17) is 4.74 Å². The van der Waals surface area contributed by atoms with Gasteiger partial charge in [-0.05, 0) is 41.6 Å². The third-order valence-corrected chi connectivity index (χ3v) is 6.92. The standard InChI is InChI=1S/C18H17N3O2S3/c22-15(12-3-4-16-13(10-12)6-8-23-16)11-25-18-21-20-17(26-18)19-7-5-14-2-1-9-24-14/h1-4,9-10H,5-8,11H2,(H,19,20). The lowest BCUT2D eigenvalue weighted by Gasteiger charge is -2.02. The number of hydrogen-bond donors (Lipinski definition) is 1. The van der Waals surface area contributed by atoms with E-state index in [1.54, 1.807) is 11.3 Å². The van der Waals surface area contributed by atoms with Gasteiger partial charge in [0.2, 0.25) is 5.13 Å². The second-order valence-corrected chi connectivity index (χ2v) is 8.99. The summed E-state index contributed by atoms with van der Waals surface area (Å²) in [6.45, 7) is 1.53. The highest BCUT2D eigenvalue weighted by atomic mass is 32.2. The number of nitrogens with one attached hydrogen (secondary N) is 1. The van der Waals surface area contributed by atoms with Crippen molar-refractivity contribution in [3.8, 4) is 5.75 Å². The molecule has 0 spiro atoms. The van der Waals surface area contributed by atoms with Crippen molar-refractivity contribution in [2.75, 3.05) is 24.2 Å². The number of rotatable bonds is 8. The Kier molecular flexibility index (Phi) is 5.52. The van der Waals surface area contributed by atoms with Gasteiger partial charge in [-0.3, -0.25) is 4.79 Å². The van der Waals surface area contributed by atoms with Gasteiger partial charge in [-0.1, -0.05) is 29.2 Å². The number of carbonyl (C=O) groups is 1. The zero-order valence-electron chi connectivity index (χ0n) is 13.9. The summed E-state index contributed by atoms with van der Waals surface area (Å²) >= 11 is 4.68. The van der Waals surface area contributed by atoms with E-state index in [-0.39, 0.29) is 5.78 Å². The van der Waals surface area contributed by atoms with Crippen LogP contribution in [0.1, 0.15) is 20.8 Å². The molecule has 3 aromatic rings. The summed E-state index contributed by atoms with van der Waals surface area (Å²) in [5.74, 6) is 1.37. The number of benzene rings is 1. The average Bonchev–Trinajstić information content (AvgIpc) is 3.40. The Morgan fingerprint density at radius 1 is 1.31 bits per heavy atom. The average molecular weight is 404 g/mol. The molecular formula is C18H17N3O2S3. The summed E-state index contributed by atoms with van der Waals surface area (Å²) in [4.78, 5) is 13.8. The number of thiophene rings is 1. The number of carbonyl (C=O) groups excluding carboxylic acids is 1. The molecule has 8 heteroatoms. The number of Topliss-reactive ketones (excluding diaryl/α,β-unsaturated/α-hetero) is 1. The fourth-order valence-electron chi connectivity index (χ4n) is 2.66. The van der Waals surface area contributed by atoms with Gasteiger partial charge in [-0.15, -0.1) is 21.5 Å². The van der Waals surface area contributed by atoms with Crippen molar-refractivity contribution in [3.63, 3.8) is 0 Å². The zero-order chi connectivity index (χ0) is 17.8. The molecule has 2 aromatic heterocycles. The monoisotopic (exact) mass is 403 g/mol. The Bertz CT molecular complexity index is 893. The highest BCUT2D eigenvalue weighted by Crippen LogP contribution is 2.28. The van der Waals surface area contributed by atoms with Crippen molar-refractivity contribution in [3.05, 3.63) is 51.7 Å². The minimum atomic E-state index is 0.104. The summed E-state index contributed by atoms with van der Waals surface area (Å²) in [6, 6.07) is 9.86. The number of thioether (sulfide) groups is 1. The van der Waals surface area contributed by atoms with Gasteiger partial charge in [0.05, 0.1) is 12.4 Å². The first-order valence-electron chi connectivity index (χ1n) is 8.29. The van der Waals surface area contributed by atoms with Crippen LogP contribution < -0.4 is 10.1 Å². The van der Waals surface area contributed by atoms with Crippen molar-refractivity contribution in [1.82, 2.24) is 10.2 Å². The van der Waals surface area contributed by atoms with E-state index < -0.39 is 0 Å². The fourth-order valence-corrected chi connectivity index (χ4v) is 5.04. The topological polar surface area (TPSA) is 64.1 Å². The molecule has 0 fully saturated rings. The van der Waals surface area contributed by atoms with Gasteiger partial charge in [0.15, 0.2) is 10.1 Å². The van der Waals surface area contributed by atoms with E-state index in [0.717, 1.165) is 45.7 Å². The minimum absolute atomic E-state index is 0.104. The summed E-state index contributed by atoms with van der Waals surface area (Å²) in [7, 11) is 0. The second-order valence-electron chi connectivity index (χ2n) is 5.76. The van der Waals surface area contributed by atoms with Gasteiger partial charge in [-0.25, -0.2) is 0 Å². The van der Waals surface area contributed by atoms with Crippen molar-refractivity contribution in [1.29, 1.82) is 0 Å². The van der Waals surface area contributed by atoms with Crippen LogP contribution in [0.5, 0.6) is 5.75 Å². The van der Waals surface area contributed by atoms with Crippen LogP contribution in [0, 0.1) is 0 Å². The maximum atomic E-state index is 12.4. The lowest BCUT2D eigenvalue weighted by Crippen LogP contribution is -2.03. The van der Waals surface area contributed by atoms with Crippen molar-refractivity contribution < 1.29 is 9.53 Å². The van der Waals surface area contributed by atoms with Crippen LogP contribution in [-0.4, -0.2) is 34.9 Å². The molecule has 4 rings (SSSR count). The van der Waals surface area contributed by atoms with Crippen LogP contribution in [0.2, 0.25) is 0 Å². The first-order valence-corrected chi connectivity index (χ1v) is 11.0. The molecule has 0 atom stereocenters. The van der Waals surface area contributed by atoms with E-state index in [1.807, 2.05) is 18.2 Å². The SMILES string of the molecule is O=C(CSc1nnc(NCCc2cccs2)s1)c1ccc2c(c1)CCO2. The van der Waals surface area contributed by atoms with Crippen LogP contribution in [-0.2, 0) is 12.8 Å². The Labute approximate surface area is 163 Å². The van der Waals surface area contributed by atoms with E-state index in [0.29, 0.717) is 12.4 Å². The molecule has 0 amide bonds. The Morgan fingerprint density at radius 3 is 3.15 bits per heavy atom. The van der Waals surface area contributed by atoms with Gasteiger partial charge in [0, 0.05) is 23.4 Å². The maximum absolute atomic E-state index is 12.4. The van der Waals surface area contributed by atoms with E-state index >= 15 is 0 Å². The molecule has 1 aliphatic rings. The Morgan fingerprint density at radius 2 is 2.27 bits per heavy atom. The van der Waals surface area contributed by atoms with Crippen molar-refractivity contribution >= 4 is 45.4 Å². The number of ketones is 1. The number of fused-ring (bicyclic) bond motifs is 1. The molecule has 1 aromatic carbocycles. The van der Waals surface area contributed by atoms with Crippen LogP contribution in [0.4, 0.5) is 5.13 Å². The molecule has 26 heavy (non-hydrogen) atoms. The lowest BCUT2D eigenvalue weighted by molar-refractivity contribution is 0.102. The molecule has 1 aliphatic heterocycles. The van der Waals surface area contributed by atoms with Gasteiger partial charge in [-0.2, -0.15) is 0 Å². The normalized spacial score (nSPS) is 12.6. The molecule has 5 nitrogen and oxygen atoms in total. The highest BCUT2D eigenvalue weighted by molar-refractivity contribution is 8.01. The lowest BCUT2D eigenvalue weighted by atomic mass is 10.1. The number of aromatic nitrogens is 2. The van der Waals surface area contributed by atoms with Crippen LogP contribution in [0.3, 0.4) is 0 Å². The largest absolute Gasteiger partial charge is 0.493 e. The summed E-state index contributed by atoms with van der Waals surface area (Å²) in [5, 5.41) is 14.5. The van der Waals surface area contributed by atoms with E-state index in [1.165, 1.54) is 28.0 Å². The second kappa shape index (κ2) is 8.20. The van der Waals surface area contributed by atoms with E-state index in [2.05, 4.69) is 33.0 Å². The van der Waals surface area contributed by atoms with Crippen molar-refractivity contribution in [2.24, 2.45) is 0 Å².